The van der Waals surface area contributed by atoms with Crippen molar-refractivity contribution in [3.8, 4) is 0 Å². The maximum Gasteiger partial charge on any atom is 0.264 e. The van der Waals surface area contributed by atoms with E-state index in [9.17, 15) is 13.2 Å². The van der Waals surface area contributed by atoms with Gasteiger partial charge < -0.3 is 0 Å². The van der Waals surface area contributed by atoms with Crippen molar-refractivity contribution < 1.29 is 13.2 Å². The van der Waals surface area contributed by atoms with E-state index in [1.807, 2.05) is 0 Å². The summed E-state index contributed by atoms with van der Waals surface area (Å²) in [5.41, 5.74) is 3.72. The summed E-state index contributed by atoms with van der Waals surface area (Å²) in [5.74, 6) is -0.528. The van der Waals surface area contributed by atoms with Crippen LogP contribution in [0.4, 0.5) is 5.69 Å². The Bertz CT molecular complexity index is 1030. The number of nitrogens with one attached hydrogen (secondary N) is 1. The molecule has 0 heterocycles. The van der Waals surface area contributed by atoms with Gasteiger partial charge in [0.2, 0.25) is 0 Å². The molecule has 6 nitrogen and oxygen atoms in total. The zero-order valence-electron chi connectivity index (χ0n) is 17.1. The minimum atomic E-state index is -4.01. The van der Waals surface area contributed by atoms with Crippen molar-refractivity contribution in [1.82, 2.24) is 5.43 Å². The number of carbonyl (C=O) groups excluding carboxylic acids is 1. The molecule has 0 radical (unpaired) electrons. The molecule has 3 rings (SSSR count). The maximum atomic E-state index is 13.3. The van der Waals surface area contributed by atoms with E-state index in [1.165, 1.54) is 36.8 Å². The lowest BCUT2D eigenvalue weighted by atomic mass is 9.99. The number of amides is 1. The predicted octanol–water partition coefficient (Wildman–Crippen LogP) is 5.41. The van der Waals surface area contributed by atoms with Crippen LogP contribution >= 0.6 is 23.2 Å². The van der Waals surface area contributed by atoms with Gasteiger partial charge in [0.25, 0.3) is 15.9 Å². The molecule has 1 aliphatic rings. The van der Waals surface area contributed by atoms with Crippen LogP contribution in [0.5, 0.6) is 0 Å². The Labute approximate surface area is 193 Å². The molecular formula is C22H25Cl2N3O3S. The number of anilines is 1. The van der Waals surface area contributed by atoms with Crippen molar-refractivity contribution in [3.05, 3.63) is 58.6 Å². The molecule has 2 aromatic carbocycles. The molecule has 0 atom stereocenters. The topological polar surface area (TPSA) is 78.8 Å². The Morgan fingerprint density at radius 2 is 1.58 bits per heavy atom. The van der Waals surface area contributed by atoms with E-state index < -0.39 is 22.5 Å². The van der Waals surface area contributed by atoms with Gasteiger partial charge in [-0.3, -0.25) is 9.10 Å². The number of hydrogen-bond acceptors (Lipinski definition) is 4. The van der Waals surface area contributed by atoms with Gasteiger partial charge in [-0.25, -0.2) is 13.8 Å². The number of hydrazone groups is 1. The van der Waals surface area contributed by atoms with Crippen LogP contribution in [0.2, 0.25) is 10.0 Å². The molecule has 9 heteroatoms. The number of halogens is 2. The normalized spacial score (nSPS) is 15.0. The minimum Gasteiger partial charge on any atom is -0.271 e. The summed E-state index contributed by atoms with van der Waals surface area (Å²) in [7, 11) is -4.01. The van der Waals surface area contributed by atoms with Crippen LogP contribution < -0.4 is 9.73 Å². The van der Waals surface area contributed by atoms with Crippen LogP contribution in [-0.4, -0.2) is 26.6 Å². The Balaban J connectivity index is 1.84. The van der Waals surface area contributed by atoms with Gasteiger partial charge in [-0.05, 0) is 56.0 Å². The predicted molar refractivity (Wildman–Crippen MR) is 125 cm³/mol. The number of rotatable bonds is 6. The lowest BCUT2D eigenvalue weighted by molar-refractivity contribution is -0.119. The Kier molecular flexibility index (Phi) is 8.35. The van der Waals surface area contributed by atoms with E-state index in [2.05, 4.69) is 10.5 Å². The molecule has 1 aliphatic carbocycles. The third-order valence-corrected chi connectivity index (χ3v) is 7.61. The monoisotopic (exact) mass is 481 g/mol. The molecule has 1 N–H and O–H groups in total. The summed E-state index contributed by atoms with van der Waals surface area (Å²) >= 11 is 12.1. The maximum absolute atomic E-state index is 13.3. The van der Waals surface area contributed by atoms with E-state index in [1.54, 1.807) is 18.2 Å². The minimum absolute atomic E-state index is 0.0696. The third kappa shape index (κ3) is 6.45. The molecule has 0 spiro atoms. The van der Waals surface area contributed by atoms with Crippen LogP contribution in [0.1, 0.15) is 44.9 Å². The third-order valence-electron chi connectivity index (χ3n) is 5.08. The highest BCUT2D eigenvalue weighted by molar-refractivity contribution is 7.92. The summed E-state index contributed by atoms with van der Waals surface area (Å²) in [6.45, 7) is -0.439. The molecule has 0 saturated heterocycles. The molecule has 31 heavy (non-hydrogen) atoms. The van der Waals surface area contributed by atoms with Crippen molar-refractivity contribution in [2.45, 2.75) is 49.8 Å². The van der Waals surface area contributed by atoms with Gasteiger partial charge in [0.1, 0.15) is 6.54 Å². The zero-order chi connectivity index (χ0) is 22.3. The van der Waals surface area contributed by atoms with Crippen molar-refractivity contribution in [2.24, 2.45) is 5.10 Å². The summed E-state index contributed by atoms with van der Waals surface area (Å²) in [6, 6.07) is 12.4. The second-order valence-corrected chi connectivity index (χ2v) is 10.1. The van der Waals surface area contributed by atoms with Gasteiger partial charge in [-0.15, -0.1) is 0 Å². The standard InChI is InChI=1S/C22H25Cl2N3O3S/c23-20-14-13-18(15-21(20)24)27(31(29,30)19-11-7-4-8-12-19)16-22(28)26-25-17-9-5-2-1-3-6-10-17/h4,7-8,11-15H,1-3,5-6,9-10,16H2,(H,26,28). The zero-order valence-corrected chi connectivity index (χ0v) is 19.4. The van der Waals surface area contributed by atoms with Crippen molar-refractivity contribution in [2.75, 3.05) is 10.8 Å². The first kappa shape index (κ1) is 23.6. The number of nitrogens with zero attached hydrogens (tertiary/aromatic N) is 2. The number of sulfonamides is 1. The summed E-state index contributed by atoms with van der Waals surface area (Å²) in [4.78, 5) is 12.7. The summed E-state index contributed by atoms with van der Waals surface area (Å²) in [5, 5.41) is 4.76. The van der Waals surface area contributed by atoms with Gasteiger partial charge in [0.05, 0.1) is 20.6 Å². The Morgan fingerprint density at radius 1 is 0.935 bits per heavy atom. The molecule has 1 fully saturated rings. The summed E-state index contributed by atoms with van der Waals surface area (Å²) < 4.78 is 27.6. The van der Waals surface area contributed by atoms with Gasteiger partial charge in [-0.2, -0.15) is 5.10 Å². The lowest BCUT2D eigenvalue weighted by Crippen LogP contribution is -2.39. The van der Waals surface area contributed by atoms with E-state index in [4.69, 9.17) is 23.2 Å². The highest BCUT2D eigenvalue weighted by Crippen LogP contribution is 2.30. The van der Waals surface area contributed by atoms with Crippen LogP contribution in [0.3, 0.4) is 0 Å². The Hall–Kier alpha value is -2.09. The first-order chi connectivity index (χ1) is 14.9. The SMILES string of the molecule is O=C(CN(c1ccc(Cl)c(Cl)c1)S(=O)(=O)c1ccccc1)NN=C1CCCCCCC1. The highest BCUT2D eigenvalue weighted by Gasteiger charge is 2.27. The van der Waals surface area contributed by atoms with Gasteiger partial charge >= 0.3 is 0 Å². The fraction of sp³-hybridized carbons (Fsp3) is 0.364. The van der Waals surface area contributed by atoms with Crippen molar-refractivity contribution in [3.63, 3.8) is 0 Å². The van der Waals surface area contributed by atoms with E-state index >= 15 is 0 Å². The van der Waals surface area contributed by atoms with Crippen molar-refractivity contribution >= 4 is 50.5 Å². The average Bonchev–Trinajstić information content (AvgIpc) is 2.74. The molecule has 166 valence electrons. The number of benzene rings is 2. The second-order valence-electron chi connectivity index (χ2n) is 7.40. The van der Waals surface area contributed by atoms with Gasteiger partial charge in [0.15, 0.2) is 0 Å². The number of hydrogen-bond donors (Lipinski definition) is 1. The molecule has 0 aromatic heterocycles. The highest BCUT2D eigenvalue weighted by atomic mass is 35.5. The number of carbonyl (C=O) groups is 1. The van der Waals surface area contributed by atoms with Crippen LogP contribution in [-0.2, 0) is 14.8 Å². The molecule has 0 unspecified atom stereocenters. The average molecular weight is 482 g/mol. The van der Waals surface area contributed by atoms with Crippen molar-refractivity contribution in [1.29, 1.82) is 0 Å². The molecule has 0 aliphatic heterocycles. The quantitative estimate of drug-likeness (QED) is 0.560. The van der Waals surface area contributed by atoms with Gasteiger partial charge in [-0.1, -0.05) is 60.7 Å². The first-order valence-corrected chi connectivity index (χ1v) is 12.4. The molecular weight excluding hydrogens is 457 g/mol. The summed E-state index contributed by atoms with van der Waals surface area (Å²) in [6.07, 6.45) is 7.34. The van der Waals surface area contributed by atoms with Crippen LogP contribution in [0, 0.1) is 0 Å². The fourth-order valence-electron chi connectivity index (χ4n) is 3.41. The van der Waals surface area contributed by atoms with Gasteiger partial charge in [0, 0.05) is 5.71 Å². The molecule has 2 aromatic rings. The molecule has 1 amide bonds. The largest absolute Gasteiger partial charge is 0.271 e. The Morgan fingerprint density at radius 3 is 2.23 bits per heavy atom. The first-order valence-electron chi connectivity index (χ1n) is 10.2. The van der Waals surface area contributed by atoms with E-state index in [0.717, 1.165) is 48.5 Å². The second kappa shape index (κ2) is 11.0. The van der Waals surface area contributed by atoms with Crippen LogP contribution in [0.25, 0.3) is 0 Å². The molecule has 0 bridgehead atoms. The fourth-order valence-corrected chi connectivity index (χ4v) is 5.13. The lowest BCUT2D eigenvalue weighted by Gasteiger charge is -2.24. The van der Waals surface area contributed by atoms with Crippen LogP contribution in [0.15, 0.2) is 58.5 Å². The molecule has 1 saturated carbocycles. The van der Waals surface area contributed by atoms with E-state index in [-0.39, 0.29) is 15.6 Å². The smallest absolute Gasteiger partial charge is 0.264 e. The van der Waals surface area contributed by atoms with E-state index in [0.29, 0.717) is 5.02 Å².